The molecule has 0 spiro atoms. The van der Waals surface area contributed by atoms with Gasteiger partial charge in [-0.25, -0.2) is 19.7 Å². The summed E-state index contributed by atoms with van der Waals surface area (Å²) in [6.45, 7) is 4.77. The molecule has 0 fully saturated rings. The van der Waals surface area contributed by atoms with Crippen LogP contribution >= 0.6 is 0 Å². The van der Waals surface area contributed by atoms with E-state index in [2.05, 4.69) is 30.9 Å². The number of hydrogen-bond acceptors (Lipinski definition) is 6. The fourth-order valence-electron chi connectivity index (χ4n) is 2.63. The second-order valence-corrected chi connectivity index (χ2v) is 6.09. The van der Waals surface area contributed by atoms with Crippen LogP contribution in [-0.4, -0.2) is 45.7 Å². The Morgan fingerprint density at radius 3 is 2.71 bits per heavy atom. The fourth-order valence-corrected chi connectivity index (χ4v) is 2.63. The SMILES string of the molecule is COc1ccc(NC(=O)NCCNc2cc(-n3ccnc3C)ncn2)c(C)c1. The zero-order valence-corrected chi connectivity index (χ0v) is 16.1. The minimum atomic E-state index is -0.271. The number of rotatable bonds is 7. The molecule has 3 rings (SSSR count). The molecule has 0 saturated heterocycles. The van der Waals surface area contributed by atoms with Crippen LogP contribution in [0.4, 0.5) is 16.3 Å². The molecule has 0 aliphatic carbocycles. The lowest BCUT2D eigenvalue weighted by Gasteiger charge is -2.12. The molecule has 3 N–H and O–H groups in total. The molecule has 2 heterocycles. The predicted octanol–water partition coefficient (Wildman–Crippen LogP) is 2.52. The Hall–Kier alpha value is -3.62. The lowest BCUT2D eigenvalue weighted by molar-refractivity contribution is 0.252. The van der Waals surface area contributed by atoms with Gasteiger partial charge in [0.25, 0.3) is 0 Å². The molecule has 0 saturated carbocycles. The number of ether oxygens (including phenoxy) is 1. The predicted molar refractivity (Wildman–Crippen MR) is 107 cm³/mol. The zero-order valence-electron chi connectivity index (χ0n) is 16.1. The Labute approximate surface area is 163 Å². The van der Waals surface area contributed by atoms with Crippen molar-refractivity contribution in [3.63, 3.8) is 0 Å². The van der Waals surface area contributed by atoms with E-state index in [1.165, 1.54) is 6.33 Å². The van der Waals surface area contributed by atoms with Crippen LogP contribution in [0.15, 0.2) is 43.0 Å². The number of nitrogens with zero attached hydrogens (tertiary/aromatic N) is 4. The van der Waals surface area contributed by atoms with E-state index in [4.69, 9.17) is 4.74 Å². The number of nitrogens with one attached hydrogen (secondary N) is 3. The summed E-state index contributed by atoms with van der Waals surface area (Å²) in [5.41, 5.74) is 1.67. The van der Waals surface area contributed by atoms with Gasteiger partial charge in [0.15, 0.2) is 0 Å². The number of carbonyl (C=O) groups is 1. The number of methoxy groups -OCH3 is 1. The van der Waals surface area contributed by atoms with Gasteiger partial charge in [0, 0.05) is 37.2 Å². The average molecular weight is 381 g/mol. The van der Waals surface area contributed by atoms with Crippen molar-refractivity contribution in [3.8, 4) is 11.6 Å². The minimum absolute atomic E-state index is 0.271. The van der Waals surface area contributed by atoms with Gasteiger partial charge in [0.05, 0.1) is 7.11 Å². The maximum absolute atomic E-state index is 12.1. The van der Waals surface area contributed by atoms with Gasteiger partial charge in [-0.3, -0.25) is 4.57 Å². The number of hydrogen-bond donors (Lipinski definition) is 3. The maximum atomic E-state index is 12.1. The Balaban J connectivity index is 1.47. The number of anilines is 2. The first-order valence-corrected chi connectivity index (χ1v) is 8.82. The van der Waals surface area contributed by atoms with Crippen LogP contribution in [0, 0.1) is 13.8 Å². The van der Waals surface area contributed by atoms with Crippen molar-refractivity contribution in [1.29, 1.82) is 0 Å². The topological polar surface area (TPSA) is 106 Å². The van der Waals surface area contributed by atoms with Crippen LogP contribution < -0.4 is 20.7 Å². The van der Waals surface area contributed by atoms with Gasteiger partial charge in [-0.15, -0.1) is 0 Å². The third-order valence-electron chi connectivity index (χ3n) is 4.12. The third-order valence-corrected chi connectivity index (χ3v) is 4.12. The summed E-state index contributed by atoms with van der Waals surface area (Å²) in [6, 6.07) is 7.04. The summed E-state index contributed by atoms with van der Waals surface area (Å²) in [7, 11) is 1.61. The summed E-state index contributed by atoms with van der Waals surface area (Å²) in [6.07, 6.45) is 5.05. The highest BCUT2D eigenvalue weighted by Crippen LogP contribution is 2.20. The van der Waals surface area contributed by atoms with Gasteiger partial charge in [-0.2, -0.15) is 0 Å². The van der Waals surface area contributed by atoms with E-state index in [-0.39, 0.29) is 6.03 Å². The summed E-state index contributed by atoms with van der Waals surface area (Å²) >= 11 is 0. The van der Waals surface area contributed by atoms with Crippen LogP contribution in [0.2, 0.25) is 0 Å². The van der Waals surface area contributed by atoms with Crippen LogP contribution in [-0.2, 0) is 0 Å². The molecule has 3 aromatic rings. The van der Waals surface area contributed by atoms with E-state index in [1.807, 2.05) is 42.8 Å². The molecule has 2 aromatic heterocycles. The van der Waals surface area contributed by atoms with Crippen molar-refractivity contribution in [2.45, 2.75) is 13.8 Å². The lowest BCUT2D eigenvalue weighted by atomic mass is 10.2. The molecule has 1 aromatic carbocycles. The lowest BCUT2D eigenvalue weighted by Crippen LogP contribution is -2.32. The first-order valence-electron chi connectivity index (χ1n) is 8.82. The normalized spacial score (nSPS) is 10.4. The maximum Gasteiger partial charge on any atom is 0.319 e. The summed E-state index contributed by atoms with van der Waals surface area (Å²) in [4.78, 5) is 24.7. The quantitative estimate of drug-likeness (QED) is 0.543. The molecule has 0 aliphatic rings. The van der Waals surface area contributed by atoms with Crippen molar-refractivity contribution in [2.24, 2.45) is 0 Å². The molecular weight excluding hydrogens is 358 g/mol. The molecule has 0 bridgehead atoms. The molecule has 0 radical (unpaired) electrons. The molecule has 2 amide bonds. The third kappa shape index (κ3) is 4.76. The van der Waals surface area contributed by atoms with Crippen molar-refractivity contribution < 1.29 is 9.53 Å². The van der Waals surface area contributed by atoms with Crippen LogP contribution in [0.1, 0.15) is 11.4 Å². The van der Waals surface area contributed by atoms with E-state index >= 15 is 0 Å². The minimum Gasteiger partial charge on any atom is -0.497 e. The highest BCUT2D eigenvalue weighted by Gasteiger charge is 2.06. The van der Waals surface area contributed by atoms with Gasteiger partial charge < -0.3 is 20.7 Å². The fraction of sp³-hybridized carbons (Fsp3) is 0.263. The van der Waals surface area contributed by atoms with Gasteiger partial charge in [-0.05, 0) is 37.6 Å². The summed E-state index contributed by atoms with van der Waals surface area (Å²) < 4.78 is 7.03. The first kappa shape index (κ1) is 19.2. The zero-order chi connectivity index (χ0) is 19.9. The smallest absolute Gasteiger partial charge is 0.319 e. The number of amides is 2. The van der Waals surface area contributed by atoms with Crippen molar-refractivity contribution in [3.05, 3.63) is 54.4 Å². The number of aryl methyl sites for hydroxylation is 2. The number of benzene rings is 1. The van der Waals surface area contributed by atoms with Crippen LogP contribution in [0.5, 0.6) is 5.75 Å². The standard InChI is InChI=1S/C19H23N7O2/c1-13-10-15(28-3)4-5-16(13)25-19(27)22-7-6-21-17-11-18(24-12-23-17)26-9-8-20-14(26)2/h4-5,8-12H,6-7H2,1-3H3,(H,21,23,24)(H2,22,25,27). The Morgan fingerprint density at radius 2 is 2.00 bits per heavy atom. The van der Waals surface area contributed by atoms with E-state index in [0.717, 1.165) is 28.6 Å². The number of urea groups is 1. The highest BCUT2D eigenvalue weighted by molar-refractivity contribution is 5.90. The molecule has 0 atom stereocenters. The van der Waals surface area contributed by atoms with Crippen LogP contribution in [0.25, 0.3) is 5.82 Å². The largest absolute Gasteiger partial charge is 0.497 e. The second-order valence-electron chi connectivity index (χ2n) is 6.09. The van der Waals surface area contributed by atoms with Gasteiger partial charge in [-0.1, -0.05) is 0 Å². The van der Waals surface area contributed by atoms with E-state index < -0.39 is 0 Å². The Kier molecular flexibility index (Phi) is 6.05. The second kappa shape index (κ2) is 8.85. The average Bonchev–Trinajstić information content (AvgIpc) is 3.13. The van der Waals surface area contributed by atoms with Gasteiger partial charge in [0.2, 0.25) is 0 Å². The molecule has 0 unspecified atom stereocenters. The van der Waals surface area contributed by atoms with Crippen molar-refractivity contribution in [2.75, 3.05) is 30.8 Å². The van der Waals surface area contributed by atoms with Crippen molar-refractivity contribution >= 4 is 17.5 Å². The molecule has 28 heavy (non-hydrogen) atoms. The van der Waals surface area contributed by atoms with Gasteiger partial charge in [0.1, 0.15) is 29.5 Å². The first-order chi connectivity index (χ1) is 13.6. The number of carbonyl (C=O) groups excluding carboxylic acids is 1. The van der Waals surface area contributed by atoms with E-state index in [1.54, 1.807) is 19.4 Å². The van der Waals surface area contributed by atoms with Gasteiger partial charge >= 0.3 is 6.03 Å². The Bertz CT molecular complexity index is 955. The molecule has 9 heteroatoms. The molecule has 146 valence electrons. The van der Waals surface area contributed by atoms with Crippen molar-refractivity contribution in [1.82, 2.24) is 24.8 Å². The molecular formula is C19H23N7O2. The molecule has 9 nitrogen and oxygen atoms in total. The van der Waals surface area contributed by atoms with E-state index in [9.17, 15) is 4.79 Å². The van der Waals surface area contributed by atoms with Crippen LogP contribution in [0.3, 0.4) is 0 Å². The highest BCUT2D eigenvalue weighted by atomic mass is 16.5. The summed E-state index contributed by atoms with van der Waals surface area (Å²) in [5, 5.41) is 8.80. The summed E-state index contributed by atoms with van der Waals surface area (Å²) in [5.74, 6) is 3.00. The van der Waals surface area contributed by atoms with E-state index in [0.29, 0.717) is 18.9 Å². The molecule has 0 aliphatic heterocycles. The number of aromatic nitrogens is 4. The Morgan fingerprint density at radius 1 is 1.14 bits per heavy atom. The number of imidazole rings is 1. The monoisotopic (exact) mass is 381 g/mol.